The van der Waals surface area contributed by atoms with Crippen LogP contribution in [0.4, 0.5) is 0 Å². The van der Waals surface area contributed by atoms with Crippen molar-refractivity contribution in [1.29, 1.82) is 0 Å². The van der Waals surface area contributed by atoms with Gasteiger partial charge in [0.1, 0.15) is 11.5 Å². The quantitative estimate of drug-likeness (QED) is 0.281. The molecule has 2 aromatic rings. The molecule has 0 radical (unpaired) electrons. The molecule has 1 heterocycles. The standard InChI is InChI=1S/C26H30Cl2N2O4/c1-16(2)15-34-19-9-6-17(7-10-19)24(31)22-23(20-11-8-18(27)14-21(20)28)30(26(33)25(22)32)13-5-12-29(3)4/h6-11,14,16,23,31H,5,12-13,15H2,1-4H3/t23-/m1/s1. The van der Waals surface area contributed by atoms with Crippen molar-refractivity contribution in [1.82, 2.24) is 9.80 Å². The summed E-state index contributed by atoms with van der Waals surface area (Å²) in [6, 6.07) is 10.9. The summed E-state index contributed by atoms with van der Waals surface area (Å²) in [5.74, 6) is -0.612. The number of carbonyl (C=O) groups excluding carboxylic acids is 2. The number of rotatable bonds is 9. The van der Waals surface area contributed by atoms with Gasteiger partial charge >= 0.3 is 0 Å². The number of Topliss-reactive ketones (excluding diaryl/α,β-unsaturated/α-hetero) is 1. The van der Waals surface area contributed by atoms with Gasteiger partial charge in [0.15, 0.2) is 0 Å². The van der Waals surface area contributed by atoms with Crippen LogP contribution in [-0.4, -0.2) is 60.4 Å². The monoisotopic (exact) mass is 504 g/mol. The number of halogens is 2. The molecular formula is C26H30Cl2N2O4. The van der Waals surface area contributed by atoms with E-state index >= 15 is 0 Å². The molecule has 0 bridgehead atoms. The van der Waals surface area contributed by atoms with Crippen molar-refractivity contribution in [3.8, 4) is 5.75 Å². The number of nitrogens with zero attached hydrogens (tertiary/aromatic N) is 2. The fourth-order valence-corrected chi connectivity index (χ4v) is 4.35. The van der Waals surface area contributed by atoms with Crippen molar-refractivity contribution in [2.45, 2.75) is 26.3 Å². The topological polar surface area (TPSA) is 70.1 Å². The summed E-state index contributed by atoms with van der Waals surface area (Å²) in [5.41, 5.74) is 0.960. The Balaban J connectivity index is 2.04. The zero-order valence-corrected chi connectivity index (χ0v) is 21.4. The number of hydrogen-bond acceptors (Lipinski definition) is 5. The number of aliphatic hydroxyl groups is 1. The summed E-state index contributed by atoms with van der Waals surface area (Å²) in [5, 5.41) is 11.9. The van der Waals surface area contributed by atoms with Gasteiger partial charge in [0.05, 0.1) is 18.2 Å². The Bertz CT molecular complexity index is 1080. The number of hydrogen-bond donors (Lipinski definition) is 1. The third-order valence-electron chi connectivity index (χ3n) is 5.51. The molecule has 1 N–H and O–H groups in total. The number of carbonyl (C=O) groups is 2. The first-order chi connectivity index (χ1) is 16.1. The Labute approximate surface area is 210 Å². The van der Waals surface area contributed by atoms with Gasteiger partial charge in [-0.2, -0.15) is 0 Å². The van der Waals surface area contributed by atoms with Crippen molar-refractivity contribution in [3.05, 3.63) is 69.2 Å². The van der Waals surface area contributed by atoms with Gasteiger partial charge in [0.25, 0.3) is 11.7 Å². The molecule has 182 valence electrons. The lowest BCUT2D eigenvalue weighted by molar-refractivity contribution is -0.139. The molecule has 1 fully saturated rings. The summed E-state index contributed by atoms with van der Waals surface area (Å²) in [6.07, 6.45) is 0.656. The minimum Gasteiger partial charge on any atom is -0.507 e. The molecule has 0 unspecified atom stereocenters. The first-order valence-electron chi connectivity index (χ1n) is 11.2. The van der Waals surface area contributed by atoms with Gasteiger partial charge in [-0.15, -0.1) is 0 Å². The predicted molar refractivity (Wildman–Crippen MR) is 135 cm³/mol. The number of likely N-dealkylation sites (tertiary alicyclic amines) is 1. The summed E-state index contributed by atoms with van der Waals surface area (Å²) in [7, 11) is 3.88. The van der Waals surface area contributed by atoms with Crippen LogP contribution < -0.4 is 4.74 Å². The molecule has 0 saturated carbocycles. The van der Waals surface area contributed by atoms with Crippen LogP contribution in [0.3, 0.4) is 0 Å². The number of amides is 1. The molecule has 2 aromatic carbocycles. The molecule has 1 amide bonds. The minimum atomic E-state index is -0.816. The third kappa shape index (κ3) is 5.93. The average Bonchev–Trinajstić information content (AvgIpc) is 3.02. The predicted octanol–water partition coefficient (Wildman–Crippen LogP) is 5.40. The highest BCUT2D eigenvalue weighted by molar-refractivity contribution is 6.47. The second-order valence-corrected chi connectivity index (χ2v) is 9.89. The van der Waals surface area contributed by atoms with Crippen LogP contribution in [0, 0.1) is 5.92 Å². The highest BCUT2D eigenvalue weighted by Gasteiger charge is 2.46. The van der Waals surface area contributed by atoms with Crippen molar-refractivity contribution >= 4 is 40.7 Å². The van der Waals surface area contributed by atoms with E-state index in [2.05, 4.69) is 13.8 Å². The first-order valence-corrected chi connectivity index (χ1v) is 12.0. The summed E-state index contributed by atoms with van der Waals surface area (Å²) in [4.78, 5) is 29.6. The molecule has 8 heteroatoms. The molecular weight excluding hydrogens is 475 g/mol. The Kier molecular flexibility index (Phi) is 8.63. The van der Waals surface area contributed by atoms with Crippen LogP contribution in [0.2, 0.25) is 10.0 Å². The van der Waals surface area contributed by atoms with Crippen molar-refractivity contribution in [3.63, 3.8) is 0 Å². The molecule has 6 nitrogen and oxygen atoms in total. The molecule has 1 atom stereocenters. The van der Waals surface area contributed by atoms with Gasteiger partial charge in [-0.3, -0.25) is 9.59 Å². The van der Waals surface area contributed by atoms with E-state index in [0.29, 0.717) is 52.4 Å². The SMILES string of the molecule is CC(C)COc1ccc(C(O)=C2C(=O)C(=O)N(CCCN(C)C)[C@@H]2c2ccc(Cl)cc2Cl)cc1. The van der Waals surface area contributed by atoms with E-state index in [-0.39, 0.29) is 11.3 Å². The maximum Gasteiger partial charge on any atom is 0.295 e. The maximum absolute atomic E-state index is 13.1. The zero-order chi connectivity index (χ0) is 25.0. The normalized spacial score (nSPS) is 17.8. The van der Waals surface area contributed by atoms with Crippen LogP contribution in [0.15, 0.2) is 48.0 Å². The fourth-order valence-electron chi connectivity index (χ4n) is 3.84. The van der Waals surface area contributed by atoms with Gasteiger partial charge in [-0.1, -0.05) is 43.1 Å². The second-order valence-electron chi connectivity index (χ2n) is 9.04. The van der Waals surface area contributed by atoms with Crippen LogP contribution in [-0.2, 0) is 9.59 Å². The number of ether oxygens (including phenoxy) is 1. The largest absolute Gasteiger partial charge is 0.507 e. The van der Waals surface area contributed by atoms with E-state index in [1.807, 2.05) is 19.0 Å². The van der Waals surface area contributed by atoms with E-state index in [0.717, 1.165) is 6.54 Å². The lowest BCUT2D eigenvalue weighted by Crippen LogP contribution is -2.32. The number of ketones is 1. The Morgan fingerprint density at radius 2 is 1.79 bits per heavy atom. The van der Waals surface area contributed by atoms with Gasteiger partial charge < -0.3 is 19.6 Å². The molecule has 34 heavy (non-hydrogen) atoms. The maximum atomic E-state index is 13.1. The Morgan fingerprint density at radius 3 is 2.38 bits per heavy atom. The molecule has 0 aliphatic carbocycles. The van der Waals surface area contributed by atoms with Crippen LogP contribution in [0.1, 0.15) is 37.4 Å². The number of aliphatic hydroxyl groups excluding tert-OH is 1. The van der Waals surface area contributed by atoms with Crippen molar-refractivity contribution < 1.29 is 19.4 Å². The van der Waals surface area contributed by atoms with E-state index in [9.17, 15) is 14.7 Å². The molecule has 1 aliphatic heterocycles. The van der Waals surface area contributed by atoms with Crippen LogP contribution in [0.25, 0.3) is 5.76 Å². The van der Waals surface area contributed by atoms with Crippen LogP contribution >= 0.6 is 23.2 Å². The fraction of sp³-hybridized carbons (Fsp3) is 0.385. The minimum absolute atomic E-state index is 0.00919. The van der Waals surface area contributed by atoms with Crippen molar-refractivity contribution in [2.24, 2.45) is 5.92 Å². The first kappa shape index (κ1) is 26.1. The van der Waals surface area contributed by atoms with Gasteiger partial charge in [0, 0.05) is 22.2 Å². The zero-order valence-electron chi connectivity index (χ0n) is 19.8. The highest BCUT2D eigenvalue weighted by atomic mass is 35.5. The van der Waals surface area contributed by atoms with E-state index in [4.69, 9.17) is 27.9 Å². The Morgan fingerprint density at radius 1 is 1.12 bits per heavy atom. The summed E-state index contributed by atoms with van der Waals surface area (Å²) in [6.45, 7) is 5.75. The van der Waals surface area contributed by atoms with Gasteiger partial charge in [-0.05, 0) is 74.9 Å². The van der Waals surface area contributed by atoms with E-state index in [1.165, 1.54) is 4.90 Å². The lowest BCUT2D eigenvalue weighted by atomic mass is 9.95. The molecule has 0 spiro atoms. The Hall–Kier alpha value is -2.54. The molecule has 0 aromatic heterocycles. The van der Waals surface area contributed by atoms with E-state index < -0.39 is 17.7 Å². The van der Waals surface area contributed by atoms with Gasteiger partial charge in [0.2, 0.25) is 0 Å². The highest BCUT2D eigenvalue weighted by Crippen LogP contribution is 2.42. The molecule has 1 aliphatic rings. The van der Waals surface area contributed by atoms with E-state index in [1.54, 1.807) is 42.5 Å². The number of benzene rings is 2. The molecule has 3 rings (SSSR count). The second kappa shape index (κ2) is 11.3. The average molecular weight is 505 g/mol. The van der Waals surface area contributed by atoms with Gasteiger partial charge in [-0.25, -0.2) is 0 Å². The smallest absolute Gasteiger partial charge is 0.295 e. The third-order valence-corrected chi connectivity index (χ3v) is 6.07. The summed E-state index contributed by atoms with van der Waals surface area (Å²) >= 11 is 12.6. The van der Waals surface area contributed by atoms with Crippen molar-refractivity contribution in [2.75, 3.05) is 33.8 Å². The van der Waals surface area contributed by atoms with Crippen LogP contribution in [0.5, 0.6) is 5.75 Å². The summed E-state index contributed by atoms with van der Waals surface area (Å²) < 4.78 is 5.70. The molecule has 1 saturated heterocycles. The lowest BCUT2D eigenvalue weighted by Gasteiger charge is -2.26.